The maximum absolute atomic E-state index is 9.90. The molecule has 2 heteroatoms. The minimum atomic E-state index is -0.252. The molecule has 0 bridgehead atoms. The Balaban J connectivity index is 2.32. The van der Waals surface area contributed by atoms with Gasteiger partial charge in [-0.3, -0.25) is 0 Å². The molecule has 0 saturated heterocycles. The van der Waals surface area contributed by atoms with Crippen molar-refractivity contribution in [3.05, 3.63) is 65.7 Å². The summed E-state index contributed by atoms with van der Waals surface area (Å²) < 4.78 is 0. The molecular weight excluding hydrogens is 236 g/mol. The van der Waals surface area contributed by atoms with Crippen LogP contribution in [0.2, 0.25) is 0 Å². The third kappa shape index (κ3) is 2.96. The highest BCUT2D eigenvalue weighted by atomic mass is 16.3. The molecule has 0 fully saturated rings. The molecule has 0 saturated carbocycles. The predicted molar refractivity (Wildman–Crippen MR) is 77.3 cm³/mol. The average Bonchev–Trinajstić information content (AvgIpc) is 2.48. The normalized spacial score (nSPS) is 14.0. The van der Waals surface area contributed by atoms with Crippen LogP contribution in [0.15, 0.2) is 54.6 Å². The van der Waals surface area contributed by atoms with Crippen molar-refractivity contribution in [2.75, 3.05) is 6.61 Å². The Morgan fingerprint density at radius 3 is 2.11 bits per heavy atom. The van der Waals surface area contributed by atoms with E-state index in [0.717, 1.165) is 24.0 Å². The fourth-order valence-corrected chi connectivity index (χ4v) is 2.49. The number of hydrogen-bond acceptors (Lipinski definition) is 2. The van der Waals surface area contributed by atoms with Gasteiger partial charge < -0.3 is 10.2 Å². The zero-order valence-corrected chi connectivity index (χ0v) is 11.2. The van der Waals surface area contributed by atoms with Gasteiger partial charge in [-0.25, -0.2) is 0 Å². The van der Waals surface area contributed by atoms with E-state index < -0.39 is 0 Å². The lowest BCUT2D eigenvalue weighted by molar-refractivity contribution is 0.186. The molecule has 1 unspecified atom stereocenters. The first kappa shape index (κ1) is 13.6. The number of aliphatic hydroxyl groups is 1. The summed E-state index contributed by atoms with van der Waals surface area (Å²) in [7, 11) is 0. The molecule has 2 N–H and O–H groups in total. The molecule has 0 radical (unpaired) electrons. The topological polar surface area (TPSA) is 40.5 Å². The van der Waals surface area contributed by atoms with Crippen LogP contribution in [0, 0.1) is 0 Å². The van der Waals surface area contributed by atoms with Gasteiger partial charge in [-0.1, -0.05) is 49.4 Å². The highest BCUT2D eigenvalue weighted by Crippen LogP contribution is 2.32. The standard InChI is InChI=1S/C17H20O2/c1-2-17(13-18,15-6-4-3-5-7-15)12-14-8-10-16(19)11-9-14/h3-11,18-19H,2,12-13H2,1H3. The molecule has 2 aromatic rings. The van der Waals surface area contributed by atoms with E-state index in [9.17, 15) is 10.2 Å². The van der Waals surface area contributed by atoms with Crippen molar-refractivity contribution in [2.45, 2.75) is 25.2 Å². The van der Waals surface area contributed by atoms with E-state index in [2.05, 4.69) is 19.1 Å². The van der Waals surface area contributed by atoms with E-state index in [1.165, 1.54) is 0 Å². The predicted octanol–water partition coefficient (Wildman–Crippen LogP) is 3.28. The van der Waals surface area contributed by atoms with Gasteiger partial charge in [0.05, 0.1) is 6.61 Å². The van der Waals surface area contributed by atoms with Crippen LogP contribution in [-0.4, -0.2) is 16.8 Å². The summed E-state index contributed by atoms with van der Waals surface area (Å²) in [6.07, 6.45) is 1.64. The van der Waals surface area contributed by atoms with Crippen molar-refractivity contribution in [3.8, 4) is 5.75 Å². The van der Waals surface area contributed by atoms with Crippen LogP contribution in [0.3, 0.4) is 0 Å². The van der Waals surface area contributed by atoms with Crippen molar-refractivity contribution in [1.29, 1.82) is 0 Å². The number of aliphatic hydroxyl groups excluding tert-OH is 1. The van der Waals surface area contributed by atoms with Gasteiger partial charge in [0, 0.05) is 5.41 Å². The van der Waals surface area contributed by atoms with Gasteiger partial charge in [0.1, 0.15) is 5.75 Å². The number of hydrogen-bond donors (Lipinski definition) is 2. The van der Waals surface area contributed by atoms with Crippen molar-refractivity contribution in [2.24, 2.45) is 0 Å². The minimum absolute atomic E-state index is 0.119. The van der Waals surface area contributed by atoms with E-state index >= 15 is 0 Å². The molecule has 2 rings (SSSR count). The molecule has 0 aliphatic heterocycles. The first-order valence-corrected chi connectivity index (χ1v) is 6.64. The molecule has 100 valence electrons. The van der Waals surface area contributed by atoms with E-state index in [4.69, 9.17) is 0 Å². The molecule has 19 heavy (non-hydrogen) atoms. The number of phenolic OH excluding ortho intramolecular Hbond substituents is 1. The lowest BCUT2D eigenvalue weighted by Gasteiger charge is -2.31. The smallest absolute Gasteiger partial charge is 0.115 e. The molecule has 0 heterocycles. The summed E-state index contributed by atoms with van der Waals surface area (Å²) in [5, 5.41) is 19.2. The fraction of sp³-hybridized carbons (Fsp3) is 0.294. The van der Waals surface area contributed by atoms with Gasteiger partial charge in [0.25, 0.3) is 0 Å². The van der Waals surface area contributed by atoms with E-state index in [0.29, 0.717) is 0 Å². The summed E-state index contributed by atoms with van der Waals surface area (Å²) in [5.74, 6) is 0.273. The van der Waals surface area contributed by atoms with Crippen LogP contribution in [0.1, 0.15) is 24.5 Å². The molecule has 0 spiro atoms. The zero-order valence-electron chi connectivity index (χ0n) is 11.2. The highest BCUT2D eigenvalue weighted by Gasteiger charge is 2.29. The summed E-state index contributed by atoms with van der Waals surface area (Å²) in [6, 6.07) is 17.4. The average molecular weight is 256 g/mol. The largest absolute Gasteiger partial charge is 0.508 e. The number of benzene rings is 2. The zero-order chi connectivity index (χ0) is 13.7. The third-order valence-corrected chi connectivity index (χ3v) is 3.84. The lowest BCUT2D eigenvalue weighted by atomic mass is 9.74. The van der Waals surface area contributed by atoms with E-state index in [1.807, 2.05) is 30.3 Å². The van der Waals surface area contributed by atoms with Crippen LogP contribution in [0.5, 0.6) is 5.75 Å². The Kier molecular flexibility index (Phi) is 4.23. The second-order valence-corrected chi connectivity index (χ2v) is 5.00. The summed E-state index contributed by atoms with van der Waals surface area (Å²) in [6.45, 7) is 2.22. The van der Waals surface area contributed by atoms with Crippen LogP contribution < -0.4 is 0 Å². The molecule has 0 aliphatic carbocycles. The molecule has 0 aliphatic rings. The van der Waals surface area contributed by atoms with Crippen molar-refractivity contribution < 1.29 is 10.2 Å². The van der Waals surface area contributed by atoms with Gasteiger partial charge in [0.15, 0.2) is 0 Å². The number of aromatic hydroxyl groups is 1. The summed E-state index contributed by atoms with van der Waals surface area (Å²) in [4.78, 5) is 0. The second kappa shape index (κ2) is 5.89. The Hall–Kier alpha value is -1.80. The monoisotopic (exact) mass is 256 g/mol. The molecule has 0 aromatic heterocycles. The molecule has 2 aromatic carbocycles. The quantitative estimate of drug-likeness (QED) is 0.862. The van der Waals surface area contributed by atoms with Gasteiger partial charge in [0.2, 0.25) is 0 Å². The van der Waals surface area contributed by atoms with Gasteiger partial charge in [-0.2, -0.15) is 0 Å². The van der Waals surface area contributed by atoms with Crippen LogP contribution in [0.25, 0.3) is 0 Å². The van der Waals surface area contributed by atoms with E-state index in [1.54, 1.807) is 12.1 Å². The first-order valence-electron chi connectivity index (χ1n) is 6.64. The summed E-state index contributed by atoms with van der Waals surface area (Å²) >= 11 is 0. The molecular formula is C17H20O2. The summed E-state index contributed by atoms with van der Waals surface area (Å²) in [5.41, 5.74) is 2.03. The van der Waals surface area contributed by atoms with Crippen LogP contribution in [-0.2, 0) is 11.8 Å². The Morgan fingerprint density at radius 2 is 1.58 bits per heavy atom. The van der Waals surface area contributed by atoms with Crippen LogP contribution >= 0.6 is 0 Å². The van der Waals surface area contributed by atoms with Gasteiger partial charge in [-0.15, -0.1) is 0 Å². The van der Waals surface area contributed by atoms with Crippen molar-refractivity contribution in [3.63, 3.8) is 0 Å². The van der Waals surface area contributed by atoms with Crippen molar-refractivity contribution in [1.82, 2.24) is 0 Å². The second-order valence-electron chi connectivity index (χ2n) is 5.00. The molecule has 1 atom stereocenters. The third-order valence-electron chi connectivity index (χ3n) is 3.84. The van der Waals surface area contributed by atoms with Gasteiger partial charge >= 0.3 is 0 Å². The Labute approximate surface area is 114 Å². The number of rotatable bonds is 5. The number of phenols is 1. The molecule has 0 amide bonds. The molecule has 2 nitrogen and oxygen atoms in total. The van der Waals surface area contributed by atoms with Crippen molar-refractivity contribution >= 4 is 0 Å². The SMILES string of the molecule is CCC(CO)(Cc1ccc(O)cc1)c1ccccc1. The van der Waals surface area contributed by atoms with E-state index in [-0.39, 0.29) is 17.8 Å². The van der Waals surface area contributed by atoms with Crippen LogP contribution in [0.4, 0.5) is 0 Å². The maximum atomic E-state index is 9.90. The first-order chi connectivity index (χ1) is 9.20. The van der Waals surface area contributed by atoms with Gasteiger partial charge in [-0.05, 0) is 36.1 Å². The Bertz CT molecular complexity index is 499. The maximum Gasteiger partial charge on any atom is 0.115 e. The highest BCUT2D eigenvalue weighted by molar-refractivity contribution is 5.32. The Morgan fingerprint density at radius 1 is 0.947 bits per heavy atom. The minimum Gasteiger partial charge on any atom is -0.508 e. The fourth-order valence-electron chi connectivity index (χ4n) is 2.49. The lowest BCUT2D eigenvalue weighted by Crippen LogP contribution is -2.32.